The summed E-state index contributed by atoms with van der Waals surface area (Å²) in [6.45, 7) is 0.209. The fourth-order valence-corrected chi connectivity index (χ4v) is 1.94. The Bertz CT molecular complexity index is 569. The van der Waals surface area contributed by atoms with Crippen LogP contribution in [0.4, 0.5) is 0 Å². The van der Waals surface area contributed by atoms with E-state index in [1.165, 1.54) is 13.2 Å². The van der Waals surface area contributed by atoms with Gasteiger partial charge in [0, 0.05) is 11.4 Å². The van der Waals surface area contributed by atoms with Gasteiger partial charge in [0.15, 0.2) is 0 Å². The normalized spacial score (nSPS) is 11.2. The Balaban J connectivity index is 2.57. The van der Waals surface area contributed by atoms with E-state index >= 15 is 0 Å². The lowest BCUT2D eigenvalue weighted by molar-refractivity contribution is 0.0596. The second-order valence-corrected chi connectivity index (χ2v) is 5.94. The van der Waals surface area contributed by atoms with E-state index in [1.54, 1.807) is 12.1 Å². The minimum atomic E-state index is -3.45. The van der Waals surface area contributed by atoms with Crippen molar-refractivity contribution in [3.05, 3.63) is 28.8 Å². The summed E-state index contributed by atoms with van der Waals surface area (Å²) in [5, 5.41) is 0.387. The molecule has 0 fully saturated rings. The minimum absolute atomic E-state index is 0.0139. The largest absolute Gasteiger partial charge is 0.493 e. The SMILES string of the molecule is COC(=O)c1cc(Cl)ccc1OCCCOS(C)(=O)=O. The summed E-state index contributed by atoms with van der Waals surface area (Å²) < 4.78 is 36.1. The average Bonchev–Trinajstić information content (AvgIpc) is 2.37. The molecule has 1 aromatic rings. The molecule has 0 saturated carbocycles. The molecule has 20 heavy (non-hydrogen) atoms. The Morgan fingerprint density at radius 1 is 1.30 bits per heavy atom. The van der Waals surface area contributed by atoms with Gasteiger partial charge < -0.3 is 9.47 Å². The lowest BCUT2D eigenvalue weighted by Gasteiger charge is -2.10. The van der Waals surface area contributed by atoms with E-state index in [9.17, 15) is 13.2 Å². The lowest BCUT2D eigenvalue weighted by atomic mass is 10.2. The van der Waals surface area contributed by atoms with E-state index in [4.69, 9.17) is 16.3 Å². The third kappa shape index (κ3) is 5.77. The highest BCUT2D eigenvalue weighted by atomic mass is 35.5. The Kier molecular flexibility index (Phi) is 6.25. The zero-order valence-corrected chi connectivity index (χ0v) is 12.7. The van der Waals surface area contributed by atoms with E-state index in [-0.39, 0.29) is 18.8 Å². The van der Waals surface area contributed by atoms with Crippen LogP contribution in [0, 0.1) is 0 Å². The summed E-state index contributed by atoms with van der Waals surface area (Å²) in [6.07, 6.45) is 1.33. The Morgan fingerprint density at radius 2 is 2.00 bits per heavy atom. The van der Waals surface area contributed by atoms with Gasteiger partial charge in [-0.3, -0.25) is 4.18 Å². The maximum Gasteiger partial charge on any atom is 0.341 e. The maximum absolute atomic E-state index is 11.5. The van der Waals surface area contributed by atoms with Gasteiger partial charge in [-0.15, -0.1) is 0 Å². The molecular weight excluding hydrogens is 308 g/mol. The van der Waals surface area contributed by atoms with Crippen LogP contribution in [0.1, 0.15) is 16.8 Å². The smallest absolute Gasteiger partial charge is 0.341 e. The first kappa shape index (κ1) is 16.7. The zero-order valence-electron chi connectivity index (χ0n) is 11.1. The van der Waals surface area contributed by atoms with Crippen molar-refractivity contribution in [2.75, 3.05) is 26.6 Å². The van der Waals surface area contributed by atoms with Gasteiger partial charge in [0.05, 0.1) is 26.6 Å². The first-order chi connectivity index (χ1) is 9.33. The van der Waals surface area contributed by atoms with Gasteiger partial charge in [-0.05, 0) is 18.2 Å². The van der Waals surface area contributed by atoms with Crippen LogP contribution >= 0.6 is 11.6 Å². The van der Waals surface area contributed by atoms with Crippen molar-refractivity contribution < 1.29 is 26.9 Å². The van der Waals surface area contributed by atoms with Gasteiger partial charge in [-0.25, -0.2) is 4.79 Å². The third-order valence-electron chi connectivity index (χ3n) is 2.19. The number of halogens is 1. The summed E-state index contributed by atoms with van der Waals surface area (Å²) in [6, 6.07) is 4.57. The number of carbonyl (C=O) groups is 1. The quantitative estimate of drug-likeness (QED) is 0.433. The molecule has 1 rings (SSSR count). The summed E-state index contributed by atoms with van der Waals surface area (Å²) in [5.74, 6) is -0.240. The molecule has 0 unspecified atom stereocenters. The van der Waals surface area contributed by atoms with Crippen molar-refractivity contribution in [3.63, 3.8) is 0 Å². The van der Waals surface area contributed by atoms with Crippen LogP contribution < -0.4 is 4.74 Å². The fraction of sp³-hybridized carbons (Fsp3) is 0.417. The minimum Gasteiger partial charge on any atom is -0.493 e. The van der Waals surface area contributed by atoms with Gasteiger partial charge in [0.1, 0.15) is 11.3 Å². The molecule has 0 radical (unpaired) electrons. The van der Waals surface area contributed by atoms with Crippen LogP contribution in [0.5, 0.6) is 5.75 Å². The number of benzene rings is 1. The Hall–Kier alpha value is -1.31. The molecule has 1 aromatic carbocycles. The van der Waals surface area contributed by atoms with Gasteiger partial charge in [0.25, 0.3) is 10.1 Å². The molecule has 0 aliphatic rings. The molecule has 0 spiro atoms. The molecule has 0 heterocycles. The van der Waals surface area contributed by atoms with Crippen LogP contribution in [0.25, 0.3) is 0 Å². The molecule has 0 N–H and O–H groups in total. The standard InChI is InChI=1S/C12H15ClO6S/c1-17-12(14)10-8-9(13)4-5-11(10)18-6-3-7-19-20(2,15)16/h4-5,8H,3,6-7H2,1-2H3. The van der Waals surface area contributed by atoms with Crippen LogP contribution in [-0.4, -0.2) is 41.0 Å². The number of ether oxygens (including phenoxy) is 2. The molecule has 0 bridgehead atoms. The summed E-state index contributed by atoms with van der Waals surface area (Å²) in [4.78, 5) is 11.5. The van der Waals surface area contributed by atoms with Crippen molar-refractivity contribution in [2.24, 2.45) is 0 Å². The number of esters is 1. The van der Waals surface area contributed by atoms with Crippen molar-refractivity contribution in [1.29, 1.82) is 0 Å². The topological polar surface area (TPSA) is 78.9 Å². The van der Waals surface area contributed by atoms with Gasteiger partial charge in [0.2, 0.25) is 0 Å². The van der Waals surface area contributed by atoms with Crippen LogP contribution in [0.3, 0.4) is 0 Å². The molecule has 8 heteroatoms. The monoisotopic (exact) mass is 322 g/mol. The Morgan fingerprint density at radius 3 is 2.60 bits per heavy atom. The van der Waals surface area contributed by atoms with Crippen molar-refractivity contribution in [2.45, 2.75) is 6.42 Å². The number of carbonyl (C=O) groups excluding carboxylic acids is 1. The second kappa shape index (κ2) is 7.47. The molecule has 0 aliphatic heterocycles. The number of methoxy groups -OCH3 is 1. The highest BCUT2D eigenvalue weighted by molar-refractivity contribution is 7.85. The van der Waals surface area contributed by atoms with E-state index in [1.807, 2.05) is 0 Å². The van der Waals surface area contributed by atoms with Crippen molar-refractivity contribution in [3.8, 4) is 5.75 Å². The predicted octanol–water partition coefficient (Wildman–Crippen LogP) is 1.87. The second-order valence-electron chi connectivity index (χ2n) is 3.86. The molecule has 0 saturated heterocycles. The predicted molar refractivity (Wildman–Crippen MR) is 73.7 cm³/mol. The third-order valence-corrected chi connectivity index (χ3v) is 3.02. The van der Waals surface area contributed by atoms with Crippen molar-refractivity contribution >= 4 is 27.7 Å². The van der Waals surface area contributed by atoms with E-state index < -0.39 is 16.1 Å². The van der Waals surface area contributed by atoms with Gasteiger partial charge in [-0.2, -0.15) is 8.42 Å². The summed E-state index contributed by atoms with van der Waals surface area (Å²) in [5.41, 5.74) is 0.212. The molecular formula is C12H15ClO6S. The van der Waals surface area contributed by atoms with Crippen LogP contribution in [0.2, 0.25) is 5.02 Å². The molecule has 112 valence electrons. The molecule has 0 aliphatic carbocycles. The molecule has 0 amide bonds. The highest BCUT2D eigenvalue weighted by Gasteiger charge is 2.13. The van der Waals surface area contributed by atoms with Crippen molar-refractivity contribution in [1.82, 2.24) is 0 Å². The lowest BCUT2D eigenvalue weighted by Crippen LogP contribution is -2.10. The van der Waals surface area contributed by atoms with E-state index in [2.05, 4.69) is 8.92 Å². The number of rotatable bonds is 7. The first-order valence-electron chi connectivity index (χ1n) is 5.68. The molecule has 6 nitrogen and oxygen atoms in total. The number of hydrogen-bond donors (Lipinski definition) is 0. The maximum atomic E-state index is 11.5. The zero-order chi connectivity index (χ0) is 15.2. The van der Waals surface area contributed by atoms with E-state index in [0.717, 1.165) is 6.26 Å². The van der Waals surface area contributed by atoms with E-state index in [0.29, 0.717) is 17.2 Å². The Labute approximate surface area is 122 Å². The molecule has 0 aromatic heterocycles. The van der Waals surface area contributed by atoms with Crippen LogP contribution in [-0.2, 0) is 19.0 Å². The van der Waals surface area contributed by atoms with Gasteiger partial charge in [-0.1, -0.05) is 11.6 Å². The average molecular weight is 323 g/mol. The first-order valence-corrected chi connectivity index (χ1v) is 7.88. The van der Waals surface area contributed by atoms with Gasteiger partial charge >= 0.3 is 5.97 Å². The highest BCUT2D eigenvalue weighted by Crippen LogP contribution is 2.23. The molecule has 0 atom stereocenters. The summed E-state index contributed by atoms with van der Waals surface area (Å²) >= 11 is 5.80. The number of hydrogen-bond acceptors (Lipinski definition) is 6. The summed E-state index contributed by atoms with van der Waals surface area (Å²) in [7, 11) is -2.19. The fourth-order valence-electron chi connectivity index (χ4n) is 1.35. The van der Waals surface area contributed by atoms with Crippen LogP contribution in [0.15, 0.2) is 18.2 Å².